The van der Waals surface area contributed by atoms with Gasteiger partial charge in [0.2, 0.25) is 0 Å². The van der Waals surface area contributed by atoms with Crippen LogP contribution in [0.4, 0.5) is 0 Å². The average Bonchev–Trinajstić information content (AvgIpc) is 3.38. The lowest BCUT2D eigenvalue weighted by molar-refractivity contribution is 0.0950. The lowest BCUT2D eigenvalue weighted by Crippen LogP contribution is -2.25. The second-order valence-electron chi connectivity index (χ2n) is 6.34. The summed E-state index contributed by atoms with van der Waals surface area (Å²) in [5.74, 6) is -0.154. The number of nitrogens with zero attached hydrogens (tertiary/aromatic N) is 2. The molecule has 6 nitrogen and oxygen atoms in total. The van der Waals surface area contributed by atoms with Gasteiger partial charge in [0.05, 0.1) is 11.9 Å². The summed E-state index contributed by atoms with van der Waals surface area (Å²) in [6.07, 6.45) is 7.80. The van der Waals surface area contributed by atoms with E-state index in [9.17, 15) is 4.79 Å². The van der Waals surface area contributed by atoms with Crippen LogP contribution in [-0.2, 0) is 6.42 Å². The zero-order valence-electron chi connectivity index (χ0n) is 14.9. The molecule has 0 saturated heterocycles. The van der Waals surface area contributed by atoms with E-state index < -0.39 is 0 Å². The number of carbonyl (C=O) groups is 1. The number of aromatic amines is 2. The molecule has 0 radical (unpaired) electrons. The summed E-state index contributed by atoms with van der Waals surface area (Å²) in [6, 6.07) is 13.3. The number of hydrogen-bond donors (Lipinski definition) is 3. The largest absolute Gasteiger partial charge is 0.357 e. The Bertz CT molecular complexity index is 1090. The summed E-state index contributed by atoms with van der Waals surface area (Å²) in [7, 11) is 0. The molecule has 0 aliphatic rings. The molecule has 4 rings (SSSR count). The predicted molar refractivity (Wildman–Crippen MR) is 109 cm³/mol. The summed E-state index contributed by atoms with van der Waals surface area (Å²) in [5, 5.41) is 10.7. The number of rotatable bonds is 6. The Kier molecular flexibility index (Phi) is 5.21. The van der Waals surface area contributed by atoms with Gasteiger partial charge in [0, 0.05) is 41.3 Å². The van der Waals surface area contributed by atoms with Crippen LogP contribution in [-0.4, -0.2) is 32.6 Å². The van der Waals surface area contributed by atoms with Crippen LogP contribution in [0.25, 0.3) is 22.4 Å². The van der Waals surface area contributed by atoms with Gasteiger partial charge in [-0.2, -0.15) is 5.10 Å². The molecule has 0 aliphatic heterocycles. The van der Waals surface area contributed by atoms with Crippen LogP contribution in [0.1, 0.15) is 16.1 Å². The minimum absolute atomic E-state index is 0.154. The quantitative estimate of drug-likeness (QED) is 0.462. The summed E-state index contributed by atoms with van der Waals surface area (Å²) in [5.41, 5.74) is 5.13. The highest BCUT2D eigenvalue weighted by atomic mass is 35.5. The van der Waals surface area contributed by atoms with E-state index in [4.69, 9.17) is 11.6 Å². The van der Waals surface area contributed by atoms with Crippen molar-refractivity contribution in [1.29, 1.82) is 0 Å². The number of H-pyrrole nitrogens is 2. The highest BCUT2D eigenvalue weighted by Gasteiger charge is 2.14. The summed E-state index contributed by atoms with van der Waals surface area (Å²) in [4.78, 5) is 19.5. The van der Waals surface area contributed by atoms with Gasteiger partial charge >= 0.3 is 0 Å². The summed E-state index contributed by atoms with van der Waals surface area (Å²) >= 11 is 6.10. The number of carbonyl (C=O) groups excluding carboxylic acids is 1. The van der Waals surface area contributed by atoms with E-state index in [0.717, 1.165) is 34.4 Å². The second-order valence-corrected chi connectivity index (χ2v) is 6.77. The first-order valence-electron chi connectivity index (χ1n) is 8.86. The van der Waals surface area contributed by atoms with E-state index in [1.165, 1.54) is 0 Å². The van der Waals surface area contributed by atoms with E-state index in [2.05, 4.69) is 25.5 Å². The third-order valence-electron chi connectivity index (χ3n) is 4.41. The van der Waals surface area contributed by atoms with Gasteiger partial charge in [-0.25, -0.2) is 0 Å². The third kappa shape index (κ3) is 3.97. The van der Waals surface area contributed by atoms with Crippen molar-refractivity contribution in [2.75, 3.05) is 6.54 Å². The Labute approximate surface area is 167 Å². The molecule has 1 amide bonds. The topological polar surface area (TPSA) is 86.5 Å². The molecule has 4 aromatic rings. The first kappa shape index (κ1) is 18.0. The monoisotopic (exact) mass is 391 g/mol. The van der Waals surface area contributed by atoms with E-state index in [1.54, 1.807) is 30.9 Å². The fourth-order valence-corrected chi connectivity index (χ4v) is 3.20. The van der Waals surface area contributed by atoms with Crippen LogP contribution in [0.5, 0.6) is 0 Å². The molecule has 28 heavy (non-hydrogen) atoms. The normalized spacial score (nSPS) is 10.8. The SMILES string of the molecule is O=C(NCCc1cccnc1)c1cc(-c2[nH]ncc2-c2cccc(Cl)c2)c[nH]1. The van der Waals surface area contributed by atoms with Gasteiger partial charge < -0.3 is 10.3 Å². The smallest absolute Gasteiger partial charge is 0.267 e. The number of halogens is 1. The lowest BCUT2D eigenvalue weighted by atomic mass is 10.0. The van der Waals surface area contributed by atoms with Crippen LogP contribution in [0.15, 0.2) is 67.3 Å². The van der Waals surface area contributed by atoms with E-state index in [0.29, 0.717) is 17.3 Å². The Morgan fingerprint density at radius 1 is 1.11 bits per heavy atom. The first-order chi connectivity index (χ1) is 13.7. The number of hydrogen-bond acceptors (Lipinski definition) is 3. The zero-order chi connectivity index (χ0) is 19.3. The van der Waals surface area contributed by atoms with E-state index >= 15 is 0 Å². The Morgan fingerprint density at radius 3 is 2.86 bits per heavy atom. The van der Waals surface area contributed by atoms with Crippen molar-refractivity contribution in [3.8, 4) is 22.4 Å². The van der Waals surface area contributed by atoms with Crippen LogP contribution in [0, 0.1) is 0 Å². The molecule has 0 atom stereocenters. The molecule has 0 unspecified atom stereocenters. The lowest BCUT2D eigenvalue weighted by Gasteiger charge is -2.04. The predicted octanol–water partition coefficient (Wildman–Crippen LogP) is 4.09. The van der Waals surface area contributed by atoms with Gasteiger partial charge in [-0.05, 0) is 41.8 Å². The molecule has 0 bridgehead atoms. The molecule has 0 saturated carbocycles. The molecule has 0 spiro atoms. The number of aromatic nitrogens is 4. The zero-order valence-corrected chi connectivity index (χ0v) is 15.7. The fourth-order valence-electron chi connectivity index (χ4n) is 3.01. The van der Waals surface area contributed by atoms with Crippen LogP contribution in [0.3, 0.4) is 0 Å². The van der Waals surface area contributed by atoms with Gasteiger partial charge in [-0.15, -0.1) is 0 Å². The van der Waals surface area contributed by atoms with Crippen LogP contribution in [0.2, 0.25) is 5.02 Å². The highest BCUT2D eigenvalue weighted by Crippen LogP contribution is 2.31. The molecule has 0 fully saturated rings. The van der Waals surface area contributed by atoms with Gasteiger partial charge in [0.15, 0.2) is 0 Å². The maximum atomic E-state index is 12.4. The first-order valence-corrected chi connectivity index (χ1v) is 9.24. The molecular formula is C21H18ClN5O. The molecule has 0 aliphatic carbocycles. The standard InChI is InChI=1S/C21H18ClN5O/c22-17-5-1-4-15(9-17)18-13-26-27-20(18)16-10-19(25-12-16)21(28)24-8-6-14-3-2-7-23-11-14/h1-5,7,9-13,25H,6,8H2,(H,24,28)(H,26,27). The minimum Gasteiger partial charge on any atom is -0.357 e. The Morgan fingerprint density at radius 2 is 2.04 bits per heavy atom. The fraction of sp³-hybridized carbons (Fsp3) is 0.0952. The number of nitrogens with one attached hydrogen (secondary N) is 3. The number of benzene rings is 1. The number of pyridine rings is 1. The highest BCUT2D eigenvalue weighted by molar-refractivity contribution is 6.30. The average molecular weight is 392 g/mol. The van der Waals surface area contributed by atoms with Crippen molar-refractivity contribution in [1.82, 2.24) is 25.5 Å². The van der Waals surface area contributed by atoms with Crippen molar-refractivity contribution in [2.24, 2.45) is 0 Å². The maximum Gasteiger partial charge on any atom is 0.267 e. The molecule has 1 aromatic carbocycles. The van der Waals surface area contributed by atoms with Crippen molar-refractivity contribution in [2.45, 2.75) is 6.42 Å². The molecule has 7 heteroatoms. The van der Waals surface area contributed by atoms with Gasteiger partial charge in [-0.1, -0.05) is 29.8 Å². The molecule has 3 N–H and O–H groups in total. The van der Waals surface area contributed by atoms with Crippen molar-refractivity contribution in [3.05, 3.63) is 83.5 Å². The van der Waals surface area contributed by atoms with Crippen molar-refractivity contribution < 1.29 is 4.79 Å². The molecular weight excluding hydrogens is 374 g/mol. The van der Waals surface area contributed by atoms with Crippen LogP contribution < -0.4 is 5.32 Å². The third-order valence-corrected chi connectivity index (χ3v) is 4.65. The van der Waals surface area contributed by atoms with Gasteiger partial charge in [0.25, 0.3) is 5.91 Å². The van der Waals surface area contributed by atoms with Gasteiger partial charge in [0.1, 0.15) is 5.69 Å². The second kappa shape index (κ2) is 8.10. The maximum absolute atomic E-state index is 12.4. The Balaban J connectivity index is 1.46. The molecule has 140 valence electrons. The summed E-state index contributed by atoms with van der Waals surface area (Å²) in [6.45, 7) is 0.538. The van der Waals surface area contributed by atoms with E-state index in [1.807, 2.05) is 36.4 Å². The minimum atomic E-state index is -0.154. The summed E-state index contributed by atoms with van der Waals surface area (Å²) < 4.78 is 0. The number of amides is 1. The van der Waals surface area contributed by atoms with Crippen LogP contribution >= 0.6 is 11.6 Å². The van der Waals surface area contributed by atoms with Crippen molar-refractivity contribution in [3.63, 3.8) is 0 Å². The molecule has 3 heterocycles. The molecule has 3 aromatic heterocycles. The van der Waals surface area contributed by atoms with Crippen molar-refractivity contribution >= 4 is 17.5 Å². The van der Waals surface area contributed by atoms with Gasteiger partial charge in [-0.3, -0.25) is 14.9 Å². The van der Waals surface area contributed by atoms with E-state index in [-0.39, 0.29) is 5.91 Å². The Hall–Kier alpha value is -3.38.